The summed E-state index contributed by atoms with van der Waals surface area (Å²) in [6.45, 7) is 2.48. The molecule has 1 N–H and O–H groups in total. The van der Waals surface area contributed by atoms with Crippen LogP contribution in [-0.4, -0.2) is 29.9 Å². The van der Waals surface area contributed by atoms with E-state index in [1.54, 1.807) is 0 Å². The lowest BCUT2D eigenvalue weighted by atomic mass is 10.1. The third-order valence-electron chi connectivity index (χ3n) is 4.01. The smallest absolute Gasteiger partial charge is 0.328 e. The van der Waals surface area contributed by atoms with Crippen LogP contribution in [0.1, 0.15) is 71.1 Å². The fourth-order valence-corrected chi connectivity index (χ4v) is 2.82. The molecule has 1 rings (SSSR count). The van der Waals surface area contributed by atoms with E-state index in [1.807, 2.05) is 9.24 Å². The molecule has 1 saturated heterocycles. The van der Waals surface area contributed by atoms with Crippen molar-refractivity contribution in [3.63, 3.8) is 0 Å². The predicted octanol–water partition coefficient (Wildman–Crippen LogP) is 3.49. The molecule has 1 amide bonds. The molecule has 0 aromatic rings. The summed E-state index contributed by atoms with van der Waals surface area (Å²) in [7, 11) is 1.99. The van der Waals surface area contributed by atoms with Crippen LogP contribution < -0.4 is 5.32 Å². The van der Waals surface area contributed by atoms with Crippen molar-refractivity contribution in [2.75, 3.05) is 6.61 Å². The zero-order valence-electron chi connectivity index (χ0n) is 13.5. The predicted molar refractivity (Wildman–Crippen MR) is 88.3 cm³/mol. The van der Waals surface area contributed by atoms with E-state index in [0.717, 1.165) is 12.8 Å². The number of unbranched alkanes of at least 4 members (excludes halogenated alkanes) is 7. The Labute approximate surface area is 135 Å². The number of hydrogen-bond acceptors (Lipinski definition) is 3. The molecule has 3 unspecified atom stereocenters. The number of hydrogen-bond donors (Lipinski definition) is 1. The summed E-state index contributed by atoms with van der Waals surface area (Å²) in [6.07, 6.45) is 9.48. The zero-order chi connectivity index (χ0) is 16.4. The number of amides is 1. The number of rotatable bonds is 11. The van der Waals surface area contributed by atoms with Gasteiger partial charge in [-0.3, -0.25) is 4.79 Å². The van der Waals surface area contributed by atoms with Gasteiger partial charge in [0.25, 0.3) is 5.91 Å². The van der Waals surface area contributed by atoms with Crippen molar-refractivity contribution >= 4 is 21.1 Å². The molecule has 0 bridgehead atoms. The molecule has 3 atom stereocenters. The van der Waals surface area contributed by atoms with Crippen LogP contribution in [0.25, 0.3) is 0 Å². The minimum atomic E-state index is -1.99. The van der Waals surface area contributed by atoms with E-state index in [0.29, 0.717) is 12.8 Å². The lowest BCUT2D eigenvalue weighted by molar-refractivity contribution is -0.142. The standard InChI is InChI=1S/C16H29FNO3P/c1-2-3-4-5-6-7-8-9-11-16(17,22)15(20)18-13-10-12-21-14(13)19/h13H,2-12,22H2,1H3,(H,18,20). The molecule has 1 heterocycles. The van der Waals surface area contributed by atoms with Crippen LogP contribution in [0, 0.1) is 0 Å². The molecule has 1 fully saturated rings. The van der Waals surface area contributed by atoms with Gasteiger partial charge >= 0.3 is 5.97 Å². The maximum absolute atomic E-state index is 14.3. The maximum Gasteiger partial charge on any atom is 0.328 e. The minimum absolute atomic E-state index is 0.167. The SMILES string of the molecule is CCCCCCCCCCC(F)(P)C(=O)NC1CCOC1=O. The second-order valence-electron chi connectivity index (χ2n) is 6.07. The van der Waals surface area contributed by atoms with Gasteiger partial charge in [-0.2, -0.15) is 0 Å². The number of halogens is 1. The summed E-state index contributed by atoms with van der Waals surface area (Å²) in [5, 5.41) is 0.440. The van der Waals surface area contributed by atoms with Crippen LogP contribution in [-0.2, 0) is 14.3 Å². The van der Waals surface area contributed by atoms with E-state index in [2.05, 4.69) is 12.2 Å². The third kappa shape index (κ3) is 7.04. The Morgan fingerprint density at radius 3 is 2.41 bits per heavy atom. The molecule has 6 heteroatoms. The lowest BCUT2D eigenvalue weighted by Gasteiger charge is -2.21. The molecule has 0 aromatic heterocycles. The van der Waals surface area contributed by atoms with Gasteiger partial charge in [-0.05, 0) is 12.8 Å². The van der Waals surface area contributed by atoms with Gasteiger partial charge in [-0.15, -0.1) is 0 Å². The number of esters is 1. The van der Waals surface area contributed by atoms with Crippen molar-refractivity contribution in [1.82, 2.24) is 5.32 Å². The first-order valence-electron chi connectivity index (χ1n) is 8.42. The van der Waals surface area contributed by atoms with Crippen molar-refractivity contribution in [1.29, 1.82) is 0 Å². The molecule has 1 aliphatic rings. The highest BCUT2D eigenvalue weighted by molar-refractivity contribution is 7.20. The Balaban J connectivity index is 2.14. The molecular weight excluding hydrogens is 304 g/mol. The van der Waals surface area contributed by atoms with E-state index < -0.39 is 23.3 Å². The number of carbonyl (C=O) groups excluding carboxylic acids is 2. The van der Waals surface area contributed by atoms with E-state index in [-0.39, 0.29) is 13.0 Å². The topological polar surface area (TPSA) is 55.4 Å². The van der Waals surface area contributed by atoms with Gasteiger partial charge in [-0.25, -0.2) is 9.18 Å². The van der Waals surface area contributed by atoms with E-state index >= 15 is 0 Å². The average molecular weight is 333 g/mol. The average Bonchev–Trinajstić information content (AvgIpc) is 2.87. The molecule has 0 aliphatic carbocycles. The van der Waals surface area contributed by atoms with E-state index in [1.165, 1.54) is 32.1 Å². The Hall–Kier alpha value is -0.700. The number of cyclic esters (lactones) is 1. The van der Waals surface area contributed by atoms with Crippen LogP contribution in [0.3, 0.4) is 0 Å². The van der Waals surface area contributed by atoms with Crippen LogP contribution in [0.5, 0.6) is 0 Å². The van der Waals surface area contributed by atoms with Gasteiger partial charge in [0.1, 0.15) is 6.04 Å². The Morgan fingerprint density at radius 1 is 1.27 bits per heavy atom. The van der Waals surface area contributed by atoms with Crippen molar-refractivity contribution in [2.24, 2.45) is 0 Å². The summed E-state index contributed by atoms with van der Waals surface area (Å²) in [4.78, 5) is 23.2. The molecule has 0 aromatic carbocycles. The number of carbonyl (C=O) groups is 2. The van der Waals surface area contributed by atoms with Gasteiger partial charge in [-0.1, -0.05) is 61.1 Å². The molecule has 0 saturated carbocycles. The second kappa shape index (κ2) is 10.1. The van der Waals surface area contributed by atoms with Gasteiger partial charge in [0, 0.05) is 6.42 Å². The lowest BCUT2D eigenvalue weighted by Crippen LogP contribution is -2.46. The van der Waals surface area contributed by atoms with Crippen LogP contribution in [0.15, 0.2) is 0 Å². The fourth-order valence-electron chi connectivity index (χ4n) is 2.53. The molecule has 4 nitrogen and oxygen atoms in total. The summed E-state index contributed by atoms with van der Waals surface area (Å²) < 4.78 is 19.1. The fraction of sp³-hybridized carbons (Fsp3) is 0.875. The van der Waals surface area contributed by atoms with Gasteiger partial charge in [0.05, 0.1) is 6.61 Å². The van der Waals surface area contributed by atoms with Crippen LogP contribution >= 0.6 is 9.24 Å². The van der Waals surface area contributed by atoms with Gasteiger partial charge in [0.2, 0.25) is 5.41 Å². The quantitative estimate of drug-likeness (QED) is 0.358. The number of nitrogens with one attached hydrogen (secondary N) is 1. The number of alkyl halides is 1. The highest BCUT2D eigenvalue weighted by Gasteiger charge is 2.37. The molecule has 128 valence electrons. The maximum atomic E-state index is 14.3. The summed E-state index contributed by atoms with van der Waals surface area (Å²) in [6, 6.07) is -0.693. The summed E-state index contributed by atoms with van der Waals surface area (Å²) in [5.74, 6) is -1.20. The van der Waals surface area contributed by atoms with Crippen molar-refractivity contribution < 1.29 is 18.7 Å². The summed E-state index contributed by atoms with van der Waals surface area (Å²) >= 11 is 0. The number of ether oxygens (including phenoxy) is 1. The molecule has 1 aliphatic heterocycles. The van der Waals surface area contributed by atoms with Crippen LogP contribution in [0.2, 0.25) is 0 Å². The van der Waals surface area contributed by atoms with Crippen molar-refractivity contribution in [3.05, 3.63) is 0 Å². The first kappa shape index (κ1) is 19.3. The molecule has 0 spiro atoms. The minimum Gasteiger partial charge on any atom is -0.464 e. The molecule has 0 radical (unpaired) electrons. The first-order valence-corrected chi connectivity index (χ1v) is 9.00. The van der Waals surface area contributed by atoms with E-state index in [4.69, 9.17) is 4.74 Å². The first-order chi connectivity index (χ1) is 10.5. The zero-order valence-corrected chi connectivity index (χ0v) is 14.7. The highest BCUT2D eigenvalue weighted by atomic mass is 31.0. The summed E-state index contributed by atoms with van der Waals surface area (Å²) in [5.41, 5.74) is 0. The van der Waals surface area contributed by atoms with Gasteiger partial charge in [0.15, 0.2) is 0 Å². The molecular formula is C16H29FNO3P. The Kier molecular flexibility index (Phi) is 8.92. The Bertz CT molecular complexity index is 363. The normalized spacial score (nSPS) is 20.5. The molecule has 22 heavy (non-hydrogen) atoms. The van der Waals surface area contributed by atoms with Crippen molar-refractivity contribution in [3.8, 4) is 0 Å². The largest absolute Gasteiger partial charge is 0.464 e. The van der Waals surface area contributed by atoms with Crippen LogP contribution in [0.4, 0.5) is 4.39 Å². The highest BCUT2D eigenvalue weighted by Crippen LogP contribution is 2.28. The monoisotopic (exact) mass is 333 g/mol. The van der Waals surface area contributed by atoms with E-state index in [9.17, 15) is 14.0 Å². The van der Waals surface area contributed by atoms with Gasteiger partial charge < -0.3 is 10.1 Å². The Morgan fingerprint density at radius 2 is 1.86 bits per heavy atom. The second-order valence-corrected chi connectivity index (χ2v) is 6.98. The third-order valence-corrected chi connectivity index (χ3v) is 4.56. The van der Waals surface area contributed by atoms with Crippen molar-refractivity contribution in [2.45, 2.75) is 82.6 Å².